The van der Waals surface area contributed by atoms with E-state index in [9.17, 15) is 15.0 Å². The second-order valence-electron chi connectivity index (χ2n) is 10.2. The van der Waals surface area contributed by atoms with Crippen molar-refractivity contribution in [2.24, 2.45) is 0 Å². The minimum Gasteiger partial charge on any atom is -0.504 e. The van der Waals surface area contributed by atoms with Crippen LogP contribution in [-0.4, -0.2) is 23.0 Å². The summed E-state index contributed by atoms with van der Waals surface area (Å²) in [6, 6.07) is 1.59. The maximum atomic E-state index is 11.3. The molecule has 2 N–H and O–H groups in total. The number of carboxylic acid groups (broad SMARTS) is 1. The third-order valence-corrected chi connectivity index (χ3v) is 6.96. The van der Waals surface area contributed by atoms with Crippen LogP contribution in [0, 0.1) is 0 Å². The van der Waals surface area contributed by atoms with Crippen LogP contribution in [0.1, 0.15) is 147 Å². The molecule has 0 fully saturated rings. The molecule has 0 aromatic heterocycles. The quantitative estimate of drug-likeness (QED) is 0.0877. The Morgan fingerprint density at radius 3 is 1.58 bits per heavy atom. The number of carbonyl (C=O) groups is 1. The number of phenolic OH excluding ortho intramolecular Hbond substituents is 1. The van der Waals surface area contributed by atoms with Crippen molar-refractivity contribution in [1.82, 2.24) is 0 Å². The molecule has 0 saturated heterocycles. The highest BCUT2D eigenvalue weighted by Gasteiger charge is 2.21. The fraction of sp³-hybridized carbons (Fsp3) is 0.774. The van der Waals surface area contributed by atoms with E-state index in [2.05, 4.69) is 20.8 Å². The molecule has 0 aliphatic carbocycles. The summed E-state index contributed by atoms with van der Waals surface area (Å²) in [6.07, 6.45) is 21.5. The Balaban J connectivity index is 2.92. The maximum Gasteiger partial charge on any atom is 0.511 e. The SMILES string of the molecule is CCCCCCCCCCOc1cc(OC(=O)O)c(O)c(CCCCCCC)c1CCCCCCC. The second kappa shape index (κ2) is 21.2. The minimum atomic E-state index is -1.42. The van der Waals surface area contributed by atoms with Gasteiger partial charge in [-0.3, -0.25) is 0 Å². The molecule has 208 valence electrons. The lowest BCUT2D eigenvalue weighted by atomic mass is 9.94. The zero-order chi connectivity index (χ0) is 26.4. The van der Waals surface area contributed by atoms with Crippen LogP contribution in [0.5, 0.6) is 17.2 Å². The van der Waals surface area contributed by atoms with Gasteiger partial charge >= 0.3 is 6.16 Å². The zero-order valence-electron chi connectivity index (χ0n) is 23.5. The van der Waals surface area contributed by atoms with E-state index in [1.807, 2.05) is 0 Å². The van der Waals surface area contributed by atoms with E-state index in [0.29, 0.717) is 18.8 Å². The van der Waals surface area contributed by atoms with Crippen molar-refractivity contribution in [3.8, 4) is 17.2 Å². The van der Waals surface area contributed by atoms with E-state index in [1.165, 1.54) is 77.0 Å². The molecule has 0 amide bonds. The Labute approximate surface area is 221 Å². The van der Waals surface area contributed by atoms with E-state index in [-0.39, 0.29) is 11.5 Å². The third-order valence-electron chi connectivity index (χ3n) is 6.96. The van der Waals surface area contributed by atoms with Crippen LogP contribution in [-0.2, 0) is 12.8 Å². The van der Waals surface area contributed by atoms with Crippen molar-refractivity contribution in [2.75, 3.05) is 6.61 Å². The highest BCUT2D eigenvalue weighted by Crippen LogP contribution is 2.41. The lowest BCUT2D eigenvalue weighted by Crippen LogP contribution is -2.08. The van der Waals surface area contributed by atoms with Crippen LogP contribution >= 0.6 is 0 Å². The van der Waals surface area contributed by atoms with Gasteiger partial charge in [0.2, 0.25) is 0 Å². The van der Waals surface area contributed by atoms with Crippen molar-refractivity contribution in [3.05, 3.63) is 17.2 Å². The first-order valence-corrected chi connectivity index (χ1v) is 15.0. The lowest BCUT2D eigenvalue weighted by molar-refractivity contribution is 0.142. The van der Waals surface area contributed by atoms with Crippen molar-refractivity contribution in [1.29, 1.82) is 0 Å². The molecule has 1 aromatic rings. The molecular formula is C31H54O5. The summed E-state index contributed by atoms with van der Waals surface area (Å²) in [5.41, 5.74) is 1.85. The predicted octanol–water partition coefficient (Wildman–Crippen LogP) is 9.99. The molecule has 0 heterocycles. The summed E-state index contributed by atoms with van der Waals surface area (Å²) in [5, 5.41) is 20.2. The molecule has 0 saturated carbocycles. The first-order valence-electron chi connectivity index (χ1n) is 15.0. The van der Waals surface area contributed by atoms with Crippen LogP contribution in [0.2, 0.25) is 0 Å². The van der Waals surface area contributed by atoms with Gasteiger partial charge in [-0.25, -0.2) is 4.79 Å². The normalized spacial score (nSPS) is 11.1. The Bertz CT molecular complexity index is 701. The lowest BCUT2D eigenvalue weighted by Gasteiger charge is -2.19. The second-order valence-corrected chi connectivity index (χ2v) is 10.2. The Morgan fingerprint density at radius 1 is 0.639 bits per heavy atom. The largest absolute Gasteiger partial charge is 0.511 e. The zero-order valence-corrected chi connectivity index (χ0v) is 23.5. The van der Waals surface area contributed by atoms with Gasteiger partial charge in [-0.2, -0.15) is 0 Å². The van der Waals surface area contributed by atoms with Crippen LogP contribution < -0.4 is 9.47 Å². The standard InChI is InChI=1S/C31H54O5/c1-4-7-10-13-14-15-18-21-24-35-28-25-29(36-31(33)34)30(32)27(23-20-17-12-9-6-3)26(28)22-19-16-11-8-5-2/h25,32H,4-24H2,1-3H3,(H,33,34). The molecule has 0 radical (unpaired) electrons. The monoisotopic (exact) mass is 506 g/mol. The van der Waals surface area contributed by atoms with E-state index >= 15 is 0 Å². The molecule has 1 rings (SSSR count). The van der Waals surface area contributed by atoms with Crippen molar-refractivity contribution < 1.29 is 24.5 Å². The number of phenols is 1. The molecule has 0 aliphatic heterocycles. The topological polar surface area (TPSA) is 76.0 Å². The van der Waals surface area contributed by atoms with Gasteiger partial charge in [-0.1, -0.05) is 117 Å². The van der Waals surface area contributed by atoms with Gasteiger partial charge in [-0.05, 0) is 32.1 Å². The molecule has 5 nitrogen and oxygen atoms in total. The number of rotatable bonds is 23. The fourth-order valence-corrected chi connectivity index (χ4v) is 4.79. The smallest absolute Gasteiger partial charge is 0.504 e. The highest BCUT2D eigenvalue weighted by molar-refractivity contribution is 5.66. The summed E-state index contributed by atoms with van der Waals surface area (Å²) in [6.45, 7) is 7.26. The maximum absolute atomic E-state index is 11.3. The van der Waals surface area contributed by atoms with Gasteiger partial charge in [-0.15, -0.1) is 0 Å². The molecular weight excluding hydrogens is 452 g/mol. The Morgan fingerprint density at radius 2 is 1.08 bits per heavy atom. The van der Waals surface area contributed by atoms with Gasteiger partial charge in [0, 0.05) is 17.2 Å². The van der Waals surface area contributed by atoms with Crippen LogP contribution in [0.4, 0.5) is 4.79 Å². The highest BCUT2D eigenvalue weighted by atomic mass is 16.7. The Hall–Kier alpha value is -1.91. The number of benzene rings is 1. The average Bonchev–Trinajstić information content (AvgIpc) is 2.85. The van der Waals surface area contributed by atoms with E-state index in [4.69, 9.17) is 9.47 Å². The predicted molar refractivity (Wildman–Crippen MR) is 150 cm³/mol. The number of aromatic hydroxyl groups is 1. The molecule has 5 heteroatoms. The summed E-state index contributed by atoms with van der Waals surface area (Å²) in [4.78, 5) is 11.3. The molecule has 0 aliphatic rings. The number of hydrogen-bond donors (Lipinski definition) is 2. The first kappa shape index (κ1) is 32.1. The van der Waals surface area contributed by atoms with Gasteiger partial charge in [0.05, 0.1) is 6.61 Å². The van der Waals surface area contributed by atoms with Crippen molar-refractivity contribution in [3.63, 3.8) is 0 Å². The van der Waals surface area contributed by atoms with Crippen LogP contribution in [0.3, 0.4) is 0 Å². The minimum absolute atomic E-state index is 0.00767. The van der Waals surface area contributed by atoms with Crippen molar-refractivity contribution >= 4 is 6.16 Å². The summed E-state index contributed by atoms with van der Waals surface area (Å²) in [5.74, 6) is 0.647. The molecule has 0 atom stereocenters. The van der Waals surface area contributed by atoms with Gasteiger partial charge in [0.25, 0.3) is 0 Å². The summed E-state index contributed by atoms with van der Waals surface area (Å²) in [7, 11) is 0. The molecule has 1 aromatic carbocycles. The molecule has 0 bridgehead atoms. The molecule has 0 spiro atoms. The van der Waals surface area contributed by atoms with E-state index in [0.717, 1.165) is 56.1 Å². The summed E-state index contributed by atoms with van der Waals surface area (Å²) >= 11 is 0. The number of unbranched alkanes of at least 4 members (excludes halogenated alkanes) is 15. The van der Waals surface area contributed by atoms with E-state index < -0.39 is 6.16 Å². The fourth-order valence-electron chi connectivity index (χ4n) is 4.79. The molecule has 36 heavy (non-hydrogen) atoms. The van der Waals surface area contributed by atoms with Crippen molar-refractivity contribution in [2.45, 2.75) is 149 Å². The van der Waals surface area contributed by atoms with Gasteiger partial charge < -0.3 is 19.7 Å². The first-order chi connectivity index (χ1) is 17.5. The summed E-state index contributed by atoms with van der Waals surface area (Å²) < 4.78 is 11.2. The van der Waals surface area contributed by atoms with Crippen LogP contribution in [0.15, 0.2) is 6.07 Å². The molecule has 0 unspecified atom stereocenters. The number of hydrogen-bond acceptors (Lipinski definition) is 4. The third kappa shape index (κ3) is 14.0. The van der Waals surface area contributed by atoms with Crippen LogP contribution in [0.25, 0.3) is 0 Å². The number of ether oxygens (including phenoxy) is 2. The average molecular weight is 507 g/mol. The van der Waals surface area contributed by atoms with E-state index in [1.54, 1.807) is 6.07 Å². The van der Waals surface area contributed by atoms with Gasteiger partial charge in [0.1, 0.15) is 5.75 Å². The Kier molecular flexibility index (Phi) is 18.9. The van der Waals surface area contributed by atoms with Gasteiger partial charge in [0.15, 0.2) is 11.5 Å².